The lowest BCUT2D eigenvalue weighted by Crippen LogP contribution is -2.32. The number of aliphatic hydroxyl groups excluding tert-OH is 1. The molecule has 0 fully saturated rings. The third-order valence-electron chi connectivity index (χ3n) is 12.5. The van der Waals surface area contributed by atoms with E-state index < -0.39 is 38.0 Å². The zero-order chi connectivity index (χ0) is 54.7. The SMILES string of the molecule is CC(C)c1cc(C(=O)c2ccccc2)cc(C(C)C)c1CC(=O)NS(=O)(=O)c1ccc(CN(C)C)cc1.CC(C)c1cc(C(O)c2ccccc2)cc(C(C)C)c1CC(=O)NS(=O)(=O)c1ccc(CN(C)C)cc1. The second-order valence-corrected chi connectivity index (χ2v) is 24.0. The summed E-state index contributed by atoms with van der Waals surface area (Å²) in [6, 6.07) is 39.2. The fraction of sp³-hybridized carbons (Fsp3) is 0.350. The number of nitrogens with zero attached hydrogens (tertiary/aromatic N) is 2. The Bertz CT molecular complexity index is 3040. The molecule has 1 unspecified atom stereocenters. The largest absolute Gasteiger partial charge is 0.384 e. The van der Waals surface area contributed by atoms with E-state index in [-0.39, 0.29) is 52.1 Å². The second-order valence-electron chi connectivity index (χ2n) is 20.6. The van der Waals surface area contributed by atoms with Crippen molar-refractivity contribution in [1.29, 1.82) is 0 Å². The van der Waals surface area contributed by atoms with Gasteiger partial charge in [0, 0.05) is 24.2 Å². The van der Waals surface area contributed by atoms with E-state index in [1.54, 1.807) is 36.4 Å². The van der Waals surface area contributed by atoms with Crippen molar-refractivity contribution in [2.75, 3.05) is 28.2 Å². The summed E-state index contributed by atoms with van der Waals surface area (Å²) in [6.45, 7) is 17.5. The number of amides is 2. The van der Waals surface area contributed by atoms with Gasteiger partial charge in [-0.25, -0.2) is 26.3 Å². The van der Waals surface area contributed by atoms with Gasteiger partial charge in [0.05, 0.1) is 22.6 Å². The molecule has 0 aliphatic carbocycles. The summed E-state index contributed by atoms with van der Waals surface area (Å²) in [4.78, 5) is 43.4. The molecular weight excluding hydrogens is 969 g/mol. The van der Waals surface area contributed by atoms with Gasteiger partial charge >= 0.3 is 0 Å². The summed E-state index contributed by atoms with van der Waals surface area (Å²) in [7, 11) is -0.263. The predicted molar refractivity (Wildman–Crippen MR) is 295 cm³/mol. The topological polar surface area (TPSA) is 170 Å². The Morgan fingerprint density at radius 3 is 1.14 bits per heavy atom. The van der Waals surface area contributed by atoms with Crippen LogP contribution in [0.2, 0.25) is 0 Å². The maximum Gasteiger partial charge on any atom is 0.264 e. The first kappa shape index (κ1) is 58.6. The van der Waals surface area contributed by atoms with Crippen molar-refractivity contribution in [2.24, 2.45) is 0 Å². The minimum Gasteiger partial charge on any atom is -0.384 e. The van der Waals surface area contributed by atoms with Crippen LogP contribution in [0, 0.1) is 0 Å². The highest BCUT2D eigenvalue weighted by molar-refractivity contribution is 7.90. The van der Waals surface area contributed by atoms with Crippen LogP contribution in [0.4, 0.5) is 0 Å². The molecule has 0 bridgehead atoms. The molecular formula is C60H74N4O8S2. The van der Waals surface area contributed by atoms with Crippen LogP contribution in [-0.4, -0.2) is 77.5 Å². The number of hydrogen-bond acceptors (Lipinski definition) is 10. The lowest BCUT2D eigenvalue weighted by molar-refractivity contribution is -0.119. The number of ketones is 1. The zero-order valence-electron chi connectivity index (χ0n) is 44.9. The Hall–Kier alpha value is -6.29. The van der Waals surface area contributed by atoms with Crippen molar-refractivity contribution in [3.05, 3.63) is 200 Å². The summed E-state index contributed by atoms with van der Waals surface area (Å²) in [6.07, 6.45) is -0.964. The number of nitrogens with one attached hydrogen (secondary N) is 2. The van der Waals surface area contributed by atoms with Crippen molar-refractivity contribution in [3.8, 4) is 0 Å². The average molecular weight is 1040 g/mol. The van der Waals surface area contributed by atoms with Crippen LogP contribution in [0.25, 0.3) is 0 Å². The first-order valence-electron chi connectivity index (χ1n) is 25.0. The molecule has 12 nitrogen and oxygen atoms in total. The molecule has 0 saturated heterocycles. The molecule has 0 radical (unpaired) electrons. The fourth-order valence-corrected chi connectivity index (χ4v) is 10.9. The Morgan fingerprint density at radius 2 is 0.797 bits per heavy atom. The monoisotopic (exact) mass is 1040 g/mol. The Morgan fingerprint density at radius 1 is 0.459 bits per heavy atom. The number of rotatable bonds is 20. The molecule has 0 aliphatic rings. The lowest BCUT2D eigenvalue weighted by Gasteiger charge is -2.23. The second kappa shape index (κ2) is 25.8. The minimum absolute atomic E-state index is 0.0321. The van der Waals surface area contributed by atoms with Crippen molar-refractivity contribution in [1.82, 2.24) is 19.2 Å². The van der Waals surface area contributed by atoms with Crippen LogP contribution in [-0.2, 0) is 55.6 Å². The van der Waals surface area contributed by atoms with E-state index in [9.17, 15) is 36.3 Å². The van der Waals surface area contributed by atoms with Crippen molar-refractivity contribution >= 4 is 37.6 Å². The van der Waals surface area contributed by atoms with E-state index in [2.05, 4.69) is 9.44 Å². The molecule has 3 N–H and O–H groups in total. The molecule has 74 heavy (non-hydrogen) atoms. The zero-order valence-corrected chi connectivity index (χ0v) is 46.6. The van der Waals surface area contributed by atoms with Gasteiger partial charge in [-0.15, -0.1) is 0 Å². The van der Waals surface area contributed by atoms with Crippen molar-refractivity contribution in [3.63, 3.8) is 0 Å². The van der Waals surface area contributed by atoms with Gasteiger partial charge in [-0.3, -0.25) is 14.4 Å². The summed E-state index contributed by atoms with van der Waals surface area (Å²) in [5, 5.41) is 11.1. The highest BCUT2D eigenvalue weighted by Crippen LogP contribution is 2.35. The van der Waals surface area contributed by atoms with Gasteiger partial charge < -0.3 is 14.9 Å². The summed E-state index contributed by atoms with van der Waals surface area (Å²) in [5.74, 6) is -1.07. The van der Waals surface area contributed by atoms with E-state index in [1.165, 1.54) is 24.3 Å². The molecule has 394 valence electrons. The van der Waals surface area contributed by atoms with E-state index in [4.69, 9.17) is 0 Å². The average Bonchev–Trinajstić information content (AvgIpc) is 3.33. The summed E-state index contributed by atoms with van der Waals surface area (Å²) < 4.78 is 56.2. The van der Waals surface area contributed by atoms with Gasteiger partial charge in [-0.1, -0.05) is 152 Å². The minimum atomic E-state index is -4.02. The molecule has 0 spiro atoms. The molecule has 6 aromatic carbocycles. The molecule has 14 heteroatoms. The van der Waals surface area contributed by atoms with Crippen LogP contribution in [0.15, 0.2) is 143 Å². The van der Waals surface area contributed by atoms with Gasteiger partial charge in [-0.05, 0) is 144 Å². The molecule has 0 saturated carbocycles. The van der Waals surface area contributed by atoms with E-state index in [0.717, 1.165) is 55.6 Å². The first-order chi connectivity index (χ1) is 34.8. The Kier molecular flexibility index (Phi) is 20.4. The number of hydrogen-bond donors (Lipinski definition) is 3. The Balaban J connectivity index is 0.000000274. The van der Waals surface area contributed by atoms with E-state index in [0.29, 0.717) is 24.2 Å². The first-order valence-corrected chi connectivity index (χ1v) is 28.0. The number of aliphatic hydroxyl groups is 1. The lowest BCUT2D eigenvalue weighted by atomic mass is 9.83. The third kappa shape index (κ3) is 15.9. The molecule has 6 rings (SSSR count). The quantitative estimate of drug-likeness (QED) is 0.0626. The number of sulfonamides is 2. The highest BCUT2D eigenvalue weighted by atomic mass is 32.2. The van der Waals surface area contributed by atoms with Crippen LogP contribution in [0.5, 0.6) is 0 Å². The van der Waals surface area contributed by atoms with Gasteiger partial charge in [0.2, 0.25) is 11.8 Å². The standard InChI is InChI=1S/C30H38N2O4S.C30H36N2O4S/c2*1-20(2)26-16-24(30(34)23-10-8-7-9-11-23)17-27(21(3)4)28(26)18-29(33)31-37(35,36)25-14-12-22(13-15-25)19-32(5)6/h7-17,20-21,30,34H,18-19H2,1-6H3,(H,31,33);7-17,20-21H,18-19H2,1-6H3,(H,31,33). The highest BCUT2D eigenvalue weighted by Gasteiger charge is 2.26. The summed E-state index contributed by atoms with van der Waals surface area (Å²) in [5.41, 5.74) is 9.83. The molecule has 1 atom stereocenters. The Labute approximate surface area is 440 Å². The maximum atomic E-state index is 13.2. The van der Waals surface area contributed by atoms with Gasteiger partial charge in [0.15, 0.2) is 5.78 Å². The normalized spacial score (nSPS) is 12.3. The number of benzene rings is 6. The smallest absolute Gasteiger partial charge is 0.264 e. The van der Waals surface area contributed by atoms with Gasteiger partial charge in [-0.2, -0.15) is 0 Å². The van der Waals surface area contributed by atoms with Crippen LogP contribution in [0.1, 0.15) is 157 Å². The fourth-order valence-electron chi connectivity index (χ4n) is 8.89. The van der Waals surface area contributed by atoms with Gasteiger partial charge in [0.1, 0.15) is 6.10 Å². The van der Waals surface area contributed by atoms with Crippen LogP contribution >= 0.6 is 0 Å². The van der Waals surface area contributed by atoms with Crippen molar-refractivity contribution < 1.29 is 36.3 Å². The van der Waals surface area contributed by atoms with Crippen LogP contribution < -0.4 is 9.44 Å². The number of carbonyl (C=O) groups excluding carboxylic acids is 3. The number of carbonyl (C=O) groups is 3. The molecule has 0 aromatic heterocycles. The van der Waals surface area contributed by atoms with Gasteiger partial charge in [0.25, 0.3) is 20.0 Å². The van der Waals surface area contributed by atoms with Crippen LogP contribution in [0.3, 0.4) is 0 Å². The van der Waals surface area contributed by atoms with E-state index in [1.807, 2.05) is 166 Å². The molecule has 6 aromatic rings. The molecule has 0 aliphatic heterocycles. The van der Waals surface area contributed by atoms with Crippen molar-refractivity contribution in [2.45, 2.75) is 121 Å². The molecule has 0 heterocycles. The third-order valence-corrected chi connectivity index (χ3v) is 15.3. The maximum absolute atomic E-state index is 13.2. The molecule has 2 amide bonds. The summed E-state index contributed by atoms with van der Waals surface area (Å²) >= 11 is 0. The predicted octanol–water partition coefficient (Wildman–Crippen LogP) is 10.4. The van der Waals surface area contributed by atoms with E-state index >= 15 is 0 Å².